The van der Waals surface area contributed by atoms with Gasteiger partial charge >= 0.3 is 5.97 Å². The van der Waals surface area contributed by atoms with Crippen molar-refractivity contribution in [3.05, 3.63) is 0 Å². The summed E-state index contributed by atoms with van der Waals surface area (Å²) in [5, 5.41) is 27.5. The lowest BCUT2D eigenvalue weighted by Crippen LogP contribution is -2.47. The van der Waals surface area contributed by atoms with E-state index in [9.17, 15) is 15.0 Å². The van der Waals surface area contributed by atoms with Crippen LogP contribution >= 0.6 is 0 Å². The van der Waals surface area contributed by atoms with Crippen LogP contribution in [0.15, 0.2) is 0 Å². The molecule has 0 heterocycles. The van der Waals surface area contributed by atoms with Gasteiger partial charge < -0.3 is 25.0 Å². The molecule has 0 spiro atoms. The molecule has 0 rings (SSSR count). The van der Waals surface area contributed by atoms with Crippen LogP contribution in [0.3, 0.4) is 0 Å². The average molecular weight is 221 g/mol. The predicted octanol–water partition coefficient (Wildman–Crippen LogP) is -1.24. The van der Waals surface area contributed by atoms with Gasteiger partial charge in [0.25, 0.3) is 0 Å². The molecule has 0 aliphatic rings. The largest absolute Gasteiger partial charge is 0.479 e. The van der Waals surface area contributed by atoms with E-state index >= 15 is 0 Å². The lowest BCUT2D eigenvalue weighted by atomic mass is 10.1. The highest BCUT2D eigenvalue weighted by Crippen LogP contribution is 2.05. The molecule has 6 nitrogen and oxygen atoms in total. The molecule has 0 aliphatic heterocycles. The Morgan fingerprint density at radius 1 is 1.60 bits per heavy atom. The number of hydrogen-bond donors (Lipinski definition) is 3. The third-order valence-electron chi connectivity index (χ3n) is 1.92. The number of hydrogen-bond acceptors (Lipinski definition) is 5. The van der Waals surface area contributed by atoms with E-state index < -0.39 is 17.7 Å². The van der Waals surface area contributed by atoms with Crippen LogP contribution in [0, 0.1) is 0 Å². The van der Waals surface area contributed by atoms with Gasteiger partial charge in [-0.15, -0.1) is 0 Å². The number of aliphatic hydroxyl groups is 2. The first kappa shape index (κ1) is 14.3. The number of methoxy groups -OCH3 is 1. The van der Waals surface area contributed by atoms with Crippen LogP contribution in [-0.4, -0.2) is 71.7 Å². The maximum atomic E-state index is 10.6. The molecular weight excluding hydrogens is 202 g/mol. The van der Waals surface area contributed by atoms with Crippen molar-refractivity contribution in [2.45, 2.75) is 18.6 Å². The second kappa shape index (κ2) is 6.02. The van der Waals surface area contributed by atoms with Crippen LogP contribution in [0.2, 0.25) is 0 Å². The highest BCUT2D eigenvalue weighted by atomic mass is 16.5. The van der Waals surface area contributed by atoms with E-state index in [4.69, 9.17) is 9.84 Å². The Kier molecular flexibility index (Phi) is 5.74. The maximum absolute atomic E-state index is 10.6. The minimum atomic E-state index is -1.80. The number of ether oxygens (including phenoxy) is 1. The van der Waals surface area contributed by atoms with Crippen molar-refractivity contribution in [2.75, 3.05) is 33.9 Å². The molecule has 0 amide bonds. The van der Waals surface area contributed by atoms with Crippen molar-refractivity contribution < 1.29 is 24.9 Å². The van der Waals surface area contributed by atoms with Crippen LogP contribution in [-0.2, 0) is 9.53 Å². The zero-order valence-electron chi connectivity index (χ0n) is 9.30. The first-order chi connectivity index (χ1) is 6.79. The molecule has 15 heavy (non-hydrogen) atoms. The summed E-state index contributed by atoms with van der Waals surface area (Å²) < 4.78 is 4.73. The molecule has 0 bridgehead atoms. The van der Waals surface area contributed by atoms with Crippen LogP contribution in [0.4, 0.5) is 0 Å². The van der Waals surface area contributed by atoms with Gasteiger partial charge in [-0.05, 0) is 14.0 Å². The van der Waals surface area contributed by atoms with Gasteiger partial charge in [0.2, 0.25) is 0 Å². The van der Waals surface area contributed by atoms with Crippen molar-refractivity contribution in [3.8, 4) is 0 Å². The molecule has 90 valence electrons. The van der Waals surface area contributed by atoms with E-state index in [1.165, 1.54) is 18.9 Å². The quantitative estimate of drug-likeness (QED) is 0.498. The zero-order chi connectivity index (χ0) is 12.1. The summed E-state index contributed by atoms with van der Waals surface area (Å²) in [7, 11) is 3.09. The van der Waals surface area contributed by atoms with E-state index in [1.807, 2.05) is 0 Å². The second-order valence-electron chi connectivity index (χ2n) is 3.88. The Morgan fingerprint density at radius 2 is 2.13 bits per heavy atom. The minimum absolute atomic E-state index is 0.0525. The summed E-state index contributed by atoms with van der Waals surface area (Å²) >= 11 is 0. The Bertz CT molecular complexity index is 207. The van der Waals surface area contributed by atoms with Crippen molar-refractivity contribution in [2.24, 2.45) is 0 Å². The molecule has 0 aromatic carbocycles. The summed E-state index contributed by atoms with van der Waals surface area (Å²) in [6, 6.07) is 0. The van der Waals surface area contributed by atoms with Crippen LogP contribution in [0.25, 0.3) is 0 Å². The Balaban J connectivity index is 4.02. The first-order valence-electron chi connectivity index (χ1n) is 4.61. The standard InChI is InChI=1S/C9H19NO5/c1-9(14,8(12)13)6-10(2)4-7(11)5-15-3/h7,11,14H,4-6H2,1-3H3,(H,12,13). The van der Waals surface area contributed by atoms with Gasteiger partial charge in [-0.3, -0.25) is 0 Å². The van der Waals surface area contributed by atoms with E-state index in [2.05, 4.69) is 0 Å². The molecule has 2 atom stereocenters. The molecule has 0 saturated carbocycles. The van der Waals surface area contributed by atoms with E-state index in [0.29, 0.717) is 0 Å². The van der Waals surface area contributed by atoms with E-state index in [1.54, 1.807) is 7.05 Å². The monoisotopic (exact) mass is 221 g/mol. The SMILES string of the molecule is COCC(O)CN(C)CC(C)(O)C(=O)O. The topological polar surface area (TPSA) is 90.2 Å². The summed E-state index contributed by atoms with van der Waals surface area (Å²) in [5.74, 6) is -1.28. The number of aliphatic carboxylic acids is 1. The lowest BCUT2D eigenvalue weighted by Gasteiger charge is -2.26. The van der Waals surface area contributed by atoms with E-state index in [0.717, 1.165) is 0 Å². The fourth-order valence-corrected chi connectivity index (χ4v) is 1.26. The Labute approximate surface area is 89.1 Å². The maximum Gasteiger partial charge on any atom is 0.336 e. The molecule has 0 aromatic rings. The number of carboxylic acids is 1. The summed E-state index contributed by atoms with van der Waals surface area (Å²) in [6.07, 6.45) is -0.690. The smallest absolute Gasteiger partial charge is 0.336 e. The zero-order valence-corrected chi connectivity index (χ0v) is 9.30. The second-order valence-corrected chi connectivity index (χ2v) is 3.88. The number of carbonyl (C=O) groups is 1. The normalized spacial score (nSPS) is 17.5. The molecule has 0 aromatic heterocycles. The summed E-state index contributed by atoms with van der Waals surface area (Å²) in [5.41, 5.74) is -1.80. The summed E-state index contributed by atoms with van der Waals surface area (Å²) in [6.45, 7) is 1.59. The number of carboxylic acid groups (broad SMARTS) is 1. The fourth-order valence-electron chi connectivity index (χ4n) is 1.26. The lowest BCUT2D eigenvalue weighted by molar-refractivity contribution is -0.158. The van der Waals surface area contributed by atoms with Gasteiger partial charge in [0.15, 0.2) is 5.60 Å². The van der Waals surface area contributed by atoms with Crippen LogP contribution in [0.5, 0.6) is 0 Å². The molecule has 0 aliphatic carbocycles. The van der Waals surface area contributed by atoms with Crippen molar-refractivity contribution in [3.63, 3.8) is 0 Å². The molecule has 6 heteroatoms. The number of likely N-dealkylation sites (N-methyl/N-ethyl adjacent to an activating group) is 1. The predicted molar refractivity (Wildman–Crippen MR) is 53.6 cm³/mol. The Morgan fingerprint density at radius 3 is 2.53 bits per heavy atom. The Hall–Kier alpha value is -0.690. The highest BCUT2D eigenvalue weighted by molar-refractivity contribution is 5.76. The van der Waals surface area contributed by atoms with Crippen LogP contribution < -0.4 is 0 Å². The van der Waals surface area contributed by atoms with Crippen molar-refractivity contribution in [1.29, 1.82) is 0 Å². The molecule has 3 N–H and O–H groups in total. The molecule has 0 fully saturated rings. The third-order valence-corrected chi connectivity index (χ3v) is 1.92. The molecule has 0 saturated heterocycles. The number of rotatable bonds is 7. The third kappa shape index (κ3) is 5.68. The van der Waals surface area contributed by atoms with Gasteiger partial charge in [-0.1, -0.05) is 0 Å². The van der Waals surface area contributed by atoms with Gasteiger partial charge in [-0.2, -0.15) is 0 Å². The van der Waals surface area contributed by atoms with Gasteiger partial charge in [0.1, 0.15) is 0 Å². The van der Waals surface area contributed by atoms with Gasteiger partial charge in [0.05, 0.1) is 12.7 Å². The van der Waals surface area contributed by atoms with Crippen molar-refractivity contribution in [1.82, 2.24) is 4.90 Å². The minimum Gasteiger partial charge on any atom is -0.479 e. The van der Waals surface area contributed by atoms with Gasteiger partial charge in [-0.25, -0.2) is 4.79 Å². The van der Waals surface area contributed by atoms with Crippen LogP contribution in [0.1, 0.15) is 6.92 Å². The first-order valence-corrected chi connectivity index (χ1v) is 4.61. The number of nitrogens with zero attached hydrogens (tertiary/aromatic N) is 1. The highest BCUT2D eigenvalue weighted by Gasteiger charge is 2.31. The number of aliphatic hydroxyl groups excluding tert-OH is 1. The van der Waals surface area contributed by atoms with Gasteiger partial charge in [0, 0.05) is 20.2 Å². The molecule has 2 unspecified atom stereocenters. The van der Waals surface area contributed by atoms with E-state index in [-0.39, 0.29) is 19.7 Å². The molecular formula is C9H19NO5. The van der Waals surface area contributed by atoms with Crippen molar-refractivity contribution >= 4 is 5.97 Å². The fraction of sp³-hybridized carbons (Fsp3) is 0.889. The summed E-state index contributed by atoms with van der Waals surface area (Å²) in [4.78, 5) is 12.1. The molecule has 0 radical (unpaired) electrons. The average Bonchev–Trinajstić information content (AvgIpc) is 2.02.